The number of amides is 1. The quantitative estimate of drug-likeness (QED) is 0.791. The molecule has 0 aliphatic rings. The molecular weight excluding hydrogens is 270 g/mol. The number of aliphatic hydroxyl groups is 1. The molecule has 0 fully saturated rings. The molecule has 3 nitrogen and oxygen atoms in total. The average Bonchev–Trinajstić information content (AvgIpc) is 2.46. The van der Waals surface area contributed by atoms with E-state index in [0.29, 0.717) is 17.5 Å². The first-order valence-electron chi connectivity index (χ1n) is 6.67. The number of thioether (sulfide) groups is 1. The smallest absolute Gasteiger partial charge is 0.252 e. The first-order valence-corrected chi connectivity index (χ1v) is 8.07. The lowest BCUT2D eigenvalue weighted by atomic mass is 10.1. The maximum absolute atomic E-state index is 12.2. The van der Waals surface area contributed by atoms with Crippen molar-refractivity contribution in [3.05, 3.63) is 35.4 Å². The first-order chi connectivity index (χ1) is 9.69. The number of carbonyl (C=O) groups excluding carboxylic acids is 1. The highest BCUT2D eigenvalue weighted by Crippen LogP contribution is 2.09. The zero-order chi connectivity index (χ0) is 14.8. The van der Waals surface area contributed by atoms with Crippen LogP contribution in [0.5, 0.6) is 0 Å². The summed E-state index contributed by atoms with van der Waals surface area (Å²) >= 11 is 1.77. The molecule has 20 heavy (non-hydrogen) atoms. The molecule has 0 bridgehead atoms. The Balaban J connectivity index is 2.75. The fraction of sp³-hybridized carbons (Fsp3) is 0.438. The molecule has 0 aliphatic heterocycles. The number of rotatable bonds is 6. The standard InChI is InChI=1S/C16H21NO2S/c1-13(10-12-20-2)17-16(19)15-9-4-3-7-14(15)8-5-6-11-18/h3-4,7,9,13,18H,6,10-12H2,1-2H3,(H,17,19). The minimum absolute atomic E-state index is 0.0348. The fourth-order valence-corrected chi connectivity index (χ4v) is 2.26. The van der Waals surface area contributed by atoms with Crippen LogP contribution in [-0.4, -0.2) is 35.7 Å². The molecule has 1 aromatic rings. The Morgan fingerprint density at radius 2 is 2.20 bits per heavy atom. The van der Waals surface area contributed by atoms with Gasteiger partial charge in [-0.3, -0.25) is 4.79 Å². The van der Waals surface area contributed by atoms with Crippen LogP contribution < -0.4 is 5.32 Å². The van der Waals surface area contributed by atoms with E-state index in [4.69, 9.17) is 5.11 Å². The Bertz CT molecular complexity index is 491. The van der Waals surface area contributed by atoms with Gasteiger partial charge >= 0.3 is 0 Å². The molecule has 108 valence electrons. The highest BCUT2D eigenvalue weighted by atomic mass is 32.2. The minimum Gasteiger partial charge on any atom is -0.395 e. The molecule has 0 heterocycles. The second-order valence-electron chi connectivity index (χ2n) is 4.48. The zero-order valence-corrected chi connectivity index (χ0v) is 12.8. The van der Waals surface area contributed by atoms with Crippen LogP contribution in [0.3, 0.4) is 0 Å². The largest absolute Gasteiger partial charge is 0.395 e. The molecule has 1 amide bonds. The number of hydrogen-bond acceptors (Lipinski definition) is 3. The maximum Gasteiger partial charge on any atom is 0.252 e. The van der Waals surface area contributed by atoms with Crippen molar-refractivity contribution in [2.75, 3.05) is 18.6 Å². The van der Waals surface area contributed by atoms with E-state index in [9.17, 15) is 4.79 Å². The summed E-state index contributed by atoms with van der Waals surface area (Å²) in [6.07, 6.45) is 3.42. The van der Waals surface area contributed by atoms with Gasteiger partial charge in [0.15, 0.2) is 0 Å². The third-order valence-corrected chi connectivity index (χ3v) is 3.41. The Labute approximate surface area is 125 Å². The minimum atomic E-state index is -0.0903. The van der Waals surface area contributed by atoms with Crippen LogP contribution in [0, 0.1) is 11.8 Å². The molecule has 4 heteroatoms. The van der Waals surface area contributed by atoms with Gasteiger partial charge in [0.05, 0.1) is 12.2 Å². The third-order valence-electron chi connectivity index (χ3n) is 2.76. The van der Waals surface area contributed by atoms with E-state index in [-0.39, 0.29) is 18.6 Å². The lowest BCUT2D eigenvalue weighted by Gasteiger charge is -2.13. The predicted octanol–water partition coefficient (Wildman–Crippen LogP) is 2.29. The summed E-state index contributed by atoms with van der Waals surface area (Å²) in [6.45, 7) is 2.04. The van der Waals surface area contributed by atoms with E-state index in [2.05, 4.69) is 23.4 Å². The van der Waals surface area contributed by atoms with Crippen molar-refractivity contribution in [2.24, 2.45) is 0 Å². The van der Waals surface area contributed by atoms with E-state index in [0.717, 1.165) is 12.2 Å². The molecule has 1 atom stereocenters. The van der Waals surface area contributed by atoms with Gasteiger partial charge in [-0.2, -0.15) is 11.8 Å². The van der Waals surface area contributed by atoms with Gasteiger partial charge in [-0.25, -0.2) is 0 Å². The van der Waals surface area contributed by atoms with Crippen LogP contribution in [0.4, 0.5) is 0 Å². The van der Waals surface area contributed by atoms with Crippen molar-refractivity contribution in [2.45, 2.75) is 25.8 Å². The Hall–Kier alpha value is -1.44. The SMILES string of the molecule is CSCCC(C)NC(=O)c1ccccc1C#CCCO. The van der Waals surface area contributed by atoms with Crippen LogP contribution in [0.25, 0.3) is 0 Å². The summed E-state index contributed by atoms with van der Waals surface area (Å²) in [5, 5.41) is 11.7. The molecule has 1 rings (SSSR count). The van der Waals surface area contributed by atoms with Crippen LogP contribution in [0.1, 0.15) is 35.7 Å². The molecule has 1 unspecified atom stereocenters. The lowest BCUT2D eigenvalue weighted by Crippen LogP contribution is -2.33. The van der Waals surface area contributed by atoms with Crippen molar-refractivity contribution in [1.29, 1.82) is 0 Å². The second kappa shape index (κ2) is 9.46. The highest BCUT2D eigenvalue weighted by Gasteiger charge is 2.12. The van der Waals surface area contributed by atoms with E-state index in [1.165, 1.54) is 0 Å². The number of nitrogens with one attached hydrogen (secondary N) is 1. The van der Waals surface area contributed by atoms with Crippen molar-refractivity contribution >= 4 is 17.7 Å². The summed E-state index contributed by atoms with van der Waals surface area (Å²) in [7, 11) is 0. The van der Waals surface area contributed by atoms with Crippen LogP contribution in [0.15, 0.2) is 24.3 Å². The van der Waals surface area contributed by atoms with Gasteiger partial charge in [-0.1, -0.05) is 24.0 Å². The van der Waals surface area contributed by atoms with Gasteiger partial charge in [0.2, 0.25) is 0 Å². The molecular formula is C16H21NO2S. The van der Waals surface area contributed by atoms with Crippen molar-refractivity contribution in [1.82, 2.24) is 5.32 Å². The predicted molar refractivity (Wildman–Crippen MR) is 85.0 cm³/mol. The second-order valence-corrected chi connectivity index (χ2v) is 5.46. The molecule has 1 aromatic carbocycles. The number of benzene rings is 1. The number of hydrogen-bond donors (Lipinski definition) is 2. The zero-order valence-electron chi connectivity index (χ0n) is 12.0. The number of carbonyl (C=O) groups is 1. The monoisotopic (exact) mass is 291 g/mol. The fourth-order valence-electron chi connectivity index (χ4n) is 1.67. The van der Waals surface area contributed by atoms with Gasteiger partial charge < -0.3 is 10.4 Å². The van der Waals surface area contributed by atoms with E-state index in [1.807, 2.05) is 25.1 Å². The van der Waals surface area contributed by atoms with Crippen LogP contribution in [-0.2, 0) is 0 Å². The Morgan fingerprint density at radius 1 is 1.45 bits per heavy atom. The van der Waals surface area contributed by atoms with Gasteiger partial charge in [-0.15, -0.1) is 0 Å². The lowest BCUT2D eigenvalue weighted by molar-refractivity contribution is 0.0939. The van der Waals surface area contributed by atoms with Gasteiger partial charge in [0.1, 0.15) is 0 Å². The summed E-state index contributed by atoms with van der Waals surface area (Å²) in [4.78, 5) is 12.2. The molecule has 2 N–H and O–H groups in total. The summed E-state index contributed by atoms with van der Waals surface area (Å²) in [5.41, 5.74) is 1.30. The molecule has 0 aromatic heterocycles. The van der Waals surface area contributed by atoms with Crippen LogP contribution >= 0.6 is 11.8 Å². The Morgan fingerprint density at radius 3 is 2.90 bits per heavy atom. The van der Waals surface area contributed by atoms with Gasteiger partial charge in [0, 0.05) is 18.0 Å². The Kier molecular flexibility index (Phi) is 7.86. The summed E-state index contributed by atoms with van der Waals surface area (Å²) < 4.78 is 0. The van der Waals surface area contributed by atoms with Crippen molar-refractivity contribution in [3.63, 3.8) is 0 Å². The summed E-state index contributed by atoms with van der Waals surface area (Å²) in [6, 6.07) is 7.44. The van der Waals surface area contributed by atoms with E-state index >= 15 is 0 Å². The van der Waals surface area contributed by atoms with Gasteiger partial charge in [-0.05, 0) is 37.5 Å². The maximum atomic E-state index is 12.2. The van der Waals surface area contributed by atoms with Crippen molar-refractivity contribution in [3.8, 4) is 11.8 Å². The molecule has 0 saturated carbocycles. The highest BCUT2D eigenvalue weighted by molar-refractivity contribution is 7.98. The molecule has 0 spiro atoms. The molecule has 0 aliphatic carbocycles. The van der Waals surface area contributed by atoms with E-state index in [1.54, 1.807) is 17.8 Å². The molecule has 0 radical (unpaired) electrons. The third kappa shape index (κ3) is 5.68. The number of aliphatic hydroxyl groups excluding tert-OH is 1. The van der Waals surface area contributed by atoms with Crippen molar-refractivity contribution < 1.29 is 9.90 Å². The van der Waals surface area contributed by atoms with E-state index < -0.39 is 0 Å². The first kappa shape index (κ1) is 16.6. The molecule has 0 saturated heterocycles. The summed E-state index contributed by atoms with van der Waals surface area (Å²) in [5.74, 6) is 6.72. The van der Waals surface area contributed by atoms with Crippen LogP contribution in [0.2, 0.25) is 0 Å². The average molecular weight is 291 g/mol. The topological polar surface area (TPSA) is 49.3 Å². The normalized spacial score (nSPS) is 11.3. The van der Waals surface area contributed by atoms with Gasteiger partial charge in [0.25, 0.3) is 5.91 Å².